The number of hydrogen-bond acceptors (Lipinski definition) is 1. The van der Waals surface area contributed by atoms with E-state index in [1.165, 1.54) is 17.7 Å². The Balaban J connectivity index is 2.47. The Morgan fingerprint density at radius 2 is 2.00 bits per heavy atom. The van der Waals surface area contributed by atoms with E-state index < -0.39 is 0 Å². The lowest BCUT2D eigenvalue weighted by Crippen LogP contribution is -2.34. The van der Waals surface area contributed by atoms with E-state index in [9.17, 15) is 9.18 Å². The highest BCUT2D eigenvalue weighted by Gasteiger charge is 2.22. The van der Waals surface area contributed by atoms with Crippen molar-refractivity contribution < 1.29 is 9.18 Å². The van der Waals surface area contributed by atoms with Gasteiger partial charge < -0.3 is 9.88 Å². The summed E-state index contributed by atoms with van der Waals surface area (Å²) >= 11 is 0. The highest BCUT2D eigenvalue weighted by molar-refractivity contribution is 5.95. The first-order valence-corrected chi connectivity index (χ1v) is 8.62. The summed E-state index contributed by atoms with van der Waals surface area (Å²) in [6, 6.07) is 6.68. The van der Waals surface area contributed by atoms with Crippen LogP contribution in [0.1, 0.15) is 60.1 Å². The van der Waals surface area contributed by atoms with Crippen LogP contribution in [0.25, 0.3) is 0 Å². The van der Waals surface area contributed by atoms with Crippen LogP contribution in [0, 0.1) is 19.7 Å². The van der Waals surface area contributed by atoms with E-state index in [0.29, 0.717) is 12.2 Å². The molecule has 0 saturated heterocycles. The van der Waals surface area contributed by atoms with E-state index in [2.05, 4.69) is 12.2 Å². The number of nitrogens with one attached hydrogen (secondary N) is 1. The molecule has 2 aromatic rings. The second-order valence-corrected chi connectivity index (χ2v) is 6.39. The third kappa shape index (κ3) is 3.69. The lowest BCUT2D eigenvalue weighted by Gasteiger charge is -2.16. The second-order valence-electron chi connectivity index (χ2n) is 6.39. The second kappa shape index (κ2) is 7.65. The highest BCUT2D eigenvalue weighted by Crippen LogP contribution is 2.24. The Labute approximate surface area is 143 Å². The molecule has 0 unspecified atom stereocenters. The van der Waals surface area contributed by atoms with Crippen molar-refractivity contribution >= 4 is 5.91 Å². The van der Waals surface area contributed by atoms with Gasteiger partial charge in [0.2, 0.25) is 0 Å². The molecule has 130 valence electrons. The maximum Gasteiger partial charge on any atom is 0.268 e. The number of carbonyl (C=O) groups is 1. The number of carbonyl (C=O) groups excluding carboxylic acids is 1. The zero-order chi connectivity index (χ0) is 17.9. The number of rotatable bonds is 6. The smallest absolute Gasteiger partial charge is 0.268 e. The van der Waals surface area contributed by atoms with Crippen molar-refractivity contribution in [2.24, 2.45) is 0 Å². The predicted octanol–water partition coefficient (Wildman–Crippen LogP) is 4.38. The molecule has 1 heterocycles. The van der Waals surface area contributed by atoms with E-state index in [1.54, 1.807) is 6.07 Å². The van der Waals surface area contributed by atoms with Gasteiger partial charge in [0.25, 0.3) is 5.91 Å². The molecule has 24 heavy (non-hydrogen) atoms. The van der Waals surface area contributed by atoms with Crippen LogP contribution >= 0.6 is 0 Å². The van der Waals surface area contributed by atoms with Crippen LogP contribution in [0.2, 0.25) is 0 Å². The van der Waals surface area contributed by atoms with Crippen molar-refractivity contribution in [1.82, 2.24) is 9.88 Å². The molecular weight excluding hydrogens is 303 g/mol. The summed E-state index contributed by atoms with van der Waals surface area (Å²) in [5.74, 6) is -0.309. The molecule has 0 aliphatic rings. The van der Waals surface area contributed by atoms with Crippen molar-refractivity contribution in [3.8, 4) is 0 Å². The summed E-state index contributed by atoms with van der Waals surface area (Å²) < 4.78 is 15.5. The minimum Gasteiger partial charge on any atom is -0.348 e. The van der Waals surface area contributed by atoms with Gasteiger partial charge in [0.1, 0.15) is 11.5 Å². The fourth-order valence-corrected chi connectivity index (χ4v) is 3.17. The quantitative estimate of drug-likeness (QED) is 0.838. The van der Waals surface area contributed by atoms with Crippen molar-refractivity contribution in [1.29, 1.82) is 0 Å². The summed E-state index contributed by atoms with van der Waals surface area (Å²) in [5.41, 5.74) is 4.84. The van der Waals surface area contributed by atoms with E-state index in [-0.39, 0.29) is 17.8 Å². The van der Waals surface area contributed by atoms with E-state index >= 15 is 0 Å². The Morgan fingerprint density at radius 1 is 1.29 bits per heavy atom. The van der Waals surface area contributed by atoms with Gasteiger partial charge in [-0.3, -0.25) is 4.79 Å². The average molecular weight is 330 g/mol. The van der Waals surface area contributed by atoms with Gasteiger partial charge in [-0.1, -0.05) is 26.0 Å². The standard InChI is InChI=1S/C20H27FN2O/c1-6-13(3)22-20(24)19-14(4)18(7-2)15(5)23(19)12-16-9-8-10-17(21)11-16/h8-11,13H,6-7,12H2,1-5H3,(H,22,24)/t13-/m0/s1. The summed E-state index contributed by atoms with van der Waals surface area (Å²) in [7, 11) is 0. The summed E-state index contributed by atoms with van der Waals surface area (Å²) in [4.78, 5) is 12.8. The molecule has 1 aromatic heterocycles. The fraction of sp³-hybridized carbons (Fsp3) is 0.450. The molecule has 0 saturated carbocycles. The monoisotopic (exact) mass is 330 g/mol. The minimum atomic E-state index is -0.254. The van der Waals surface area contributed by atoms with Gasteiger partial charge >= 0.3 is 0 Å². The first kappa shape index (κ1) is 18.2. The van der Waals surface area contributed by atoms with Crippen LogP contribution in [0.4, 0.5) is 4.39 Å². The Kier molecular flexibility index (Phi) is 5.81. The lowest BCUT2D eigenvalue weighted by atomic mass is 10.1. The van der Waals surface area contributed by atoms with Crippen LogP contribution in [0.15, 0.2) is 24.3 Å². The maximum atomic E-state index is 13.5. The Morgan fingerprint density at radius 3 is 2.58 bits per heavy atom. The van der Waals surface area contributed by atoms with Crippen molar-refractivity contribution in [2.45, 2.75) is 60.0 Å². The van der Waals surface area contributed by atoms with Crippen LogP contribution in [-0.2, 0) is 13.0 Å². The molecule has 0 aliphatic carbocycles. The van der Waals surface area contributed by atoms with Gasteiger partial charge in [-0.2, -0.15) is 0 Å². The topological polar surface area (TPSA) is 34.0 Å². The summed E-state index contributed by atoms with van der Waals surface area (Å²) in [5, 5.41) is 3.06. The number of aromatic nitrogens is 1. The molecule has 0 aliphatic heterocycles. The fourth-order valence-electron chi connectivity index (χ4n) is 3.17. The van der Waals surface area contributed by atoms with Gasteiger partial charge in [-0.15, -0.1) is 0 Å². The lowest BCUT2D eigenvalue weighted by molar-refractivity contribution is 0.0929. The molecule has 4 heteroatoms. The Bertz CT molecular complexity index is 733. The first-order valence-electron chi connectivity index (χ1n) is 8.62. The first-order chi connectivity index (χ1) is 11.4. The molecule has 1 atom stereocenters. The number of nitrogens with zero attached hydrogens (tertiary/aromatic N) is 1. The van der Waals surface area contributed by atoms with Crippen molar-refractivity contribution in [3.05, 3.63) is 58.2 Å². The molecule has 1 N–H and O–H groups in total. The van der Waals surface area contributed by atoms with Gasteiger partial charge in [0.05, 0.1) is 0 Å². The highest BCUT2D eigenvalue weighted by atomic mass is 19.1. The third-order valence-electron chi connectivity index (χ3n) is 4.71. The number of benzene rings is 1. The van der Waals surface area contributed by atoms with E-state index in [0.717, 1.165) is 29.7 Å². The third-order valence-corrected chi connectivity index (χ3v) is 4.71. The van der Waals surface area contributed by atoms with Crippen LogP contribution in [0.5, 0.6) is 0 Å². The van der Waals surface area contributed by atoms with Crippen molar-refractivity contribution in [3.63, 3.8) is 0 Å². The predicted molar refractivity (Wildman–Crippen MR) is 96.0 cm³/mol. The van der Waals surface area contributed by atoms with Crippen LogP contribution in [-0.4, -0.2) is 16.5 Å². The summed E-state index contributed by atoms with van der Waals surface area (Å²) in [6.45, 7) is 10.7. The molecule has 3 nitrogen and oxygen atoms in total. The Hall–Kier alpha value is -2.10. The largest absolute Gasteiger partial charge is 0.348 e. The molecule has 0 bridgehead atoms. The van der Waals surface area contributed by atoms with Gasteiger partial charge in [-0.05, 0) is 62.4 Å². The maximum absolute atomic E-state index is 13.5. The zero-order valence-electron chi connectivity index (χ0n) is 15.2. The molecule has 0 radical (unpaired) electrons. The zero-order valence-corrected chi connectivity index (χ0v) is 15.2. The van der Waals surface area contributed by atoms with Crippen LogP contribution in [0.3, 0.4) is 0 Å². The number of amides is 1. The SMILES string of the molecule is CCc1c(C)c(C(=O)N[C@@H](C)CC)n(Cc2cccc(F)c2)c1C. The van der Waals surface area contributed by atoms with Gasteiger partial charge in [0.15, 0.2) is 0 Å². The molecule has 2 rings (SSSR count). The van der Waals surface area contributed by atoms with E-state index in [4.69, 9.17) is 0 Å². The normalized spacial score (nSPS) is 12.2. The van der Waals surface area contributed by atoms with E-state index in [1.807, 2.05) is 38.3 Å². The number of hydrogen-bond donors (Lipinski definition) is 1. The van der Waals surface area contributed by atoms with Crippen LogP contribution < -0.4 is 5.32 Å². The van der Waals surface area contributed by atoms with Gasteiger partial charge in [0, 0.05) is 18.3 Å². The van der Waals surface area contributed by atoms with Gasteiger partial charge in [-0.25, -0.2) is 4.39 Å². The number of halogens is 1. The molecule has 0 fully saturated rings. The minimum absolute atomic E-state index is 0.0546. The molecule has 0 spiro atoms. The molecule has 1 aromatic carbocycles. The summed E-state index contributed by atoms with van der Waals surface area (Å²) in [6.07, 6.45) is 1.76. The molecular formula is C20H27FN2O. The molecule has 1 amide bonds. The average Bonchev–Trinajstić information content (AvgIpc) is 2.77. The van der Waals surface area contributed by atoms with Crippen molar-refractivity contribution in [2.75, 3.05) is 0 Å².